The van der Waals surface area contributed by atoms with Crippen LogP contribution in [0.5, 0.6) is 5.75 Å². The first-order chi connectivity index (χ1) is 8.33. The Morgan fingerprint density at radius 3 is 2.17 bits per heavy atom. The average Bonchev–Trinajstić information content (AvgIpc) is 2.26. The summed E-state index contributed by atoms with van der Waals surface area (Å²) in [5.74, 6) is 0.922. The molecular weight excluding hydrogens is 224 g/mol. The summed E-state index contributed by atoms with van der Waals surface area (Å²) in [6.07, 6.45) is 0.925. The van der Waals surface area contributed by atoms with Crippen LogP contribution in [0.15, 0.2) is 24.3 Å². The van der Waals surface area contributed by atoms with Gasteiger partial charge < -0.3 is 15.4 Å². The summed E-state index contributed by atoms with van der Waals surface area (Å²) >= 11 is 0. The van der Waals surface area contributed by atoms with Crippen LogP contribution >= 0.6 is 0 Å². The van der Waals surface area contributed by atoms with Gasteiger partial charge in [-0.3, -0.25) is 0 Å². The van der Waals surface area contributed by atoms with Crippen LogP contribution in [0.1, 0.15) is 38.8 Å². The highest BCUT2D eigenvalue weighted by atomic mass is 16.5. The minimum Gasteiger partial charge on any atom is -0.494 e. The van der Waals surface area contributed by atoms with Crippen LogP contribution in [0.2, 0.25) is 0 Å². The fourth-order valence-electron chi connectivity index (χ4n) is 2.05. The van der Waals surface area contributed by atoms with Crippen molar-refractivity contribution < 1.29 is 4.74 Å². The summed E-state index contributed by atoms with van der Waals surface area (Å²) in [4.78, 5) is 2.21. The number of rotatable bonds is 6. The lowest BCUT2D eigenvalue weighted by Gasteiger charge is -2.31. The highest BCUT2D eigenvalue weighted by molar-refractivity contribution is 5.29. The molecule has 1 rings (SSSR count). The maximum absolute atomic E-state index is 6.14. The van der Waals surface area contributed by atoms with Gasteiger partial charge in [-0.15, -0.1) is 0 Å². The predicted octanol–water partition coefficient (Wildman–Crippen LogP) is 2.82. The zero-order valence-corrected chi connectivity index (χ0v) is 12.2. The maximum atomic E-state index is 6.14. The minimum atomic E-state index is -0.173. The van der Waals surface area contributed by atoms with E-state index in [1.807, 2.05) is 19.1 Å². The van der Waals surface area contributed by atoms with Gasteiger partial charge in [-0.05, 0) is 59.0 Å². The molecule has 0 saturated carbocycles. The van der Waals surface area contributed by atoms with Gasteiger partial charge in [0.1, 0.15) is 5.75 Å². The van der Waals surface area contributed by atoms with E-state index in [1.54, 1.807) is 0 Å². The molecule has 18 heavy (non-hydrogen) atoms. The molecule has 1 aromatic rings. The third-order valence-electron chi connectivity index (χ3n) is 2.92. The molecule has 2 N–H and O–H groups in total. The Balaban J connectivity index is 2.86. The molecular formula is C15H26N2O. The fourth-order valence-corrected chi connectivity index (χ4v) is 2.05. The Hall–Kier alpha value is -1.06. The Kier molecular flexibility index (Phi) is 5.17. The van der Waals surface area contributed by atoms with Crippen molar-refractivity contribution in [2.45, 2.75) is 38.8 Å². The maximum Gasteiger partial charge on any atom is 0.119 e. The van der Waals surface area contributed by atoms with Gasteiger partial charge in [0.2, 0.25) is 0 Å². The highest BCUT2D eigenvalue weighted by Gasteiger charge is 2.22. The molecule has 1 aromatic carbocycles. The molecule has 3 heteroatoms. The molecule has 0 amide bonds. The first-order valence-corrected chi connectivity index (χ1v) is 6.51. The normalized spacial score (nSPS) is 13.7. The zero-order chi connectivity index (χ0) is 13.8. The molecule has 0 radical (unpaired) electrons. The molecule has 1 unspecified atom stereocenters. The van der Waals surface area contributed by atoms with Crippen molar-refractivity contribution in [1.29, 1.82) is 0 Å². The van der Waals surface area contributed by atoms with E-state index in [9.17, 15) is 0 Å². The molecule has 0 aliphatic heterocycles. The van der Waals surface area contributed by atoms with Crippen LogP contribution in [-0.2, 0) is 0 Å². The lowest BCUT2D eigenvalue weighted by Crippen LogP contribution is -2.37. The van der Waals surface area contributed by atoms with Crippen LogP contribution in [0.25, 0.3) is 0 Å². The lowest BCUT2D eigenvalue weighted by molar-refractivity contribution is 0.243. The van der Waals surface area contributed by atoms with Crippen molar-refractivity contribution in [1.82, 2.24) is 4.90 Å². The number of benzene rings is 1. The Morgan fingerprint density at radius 2 is 1.78 bits per heavy atom. The molecule has 0 aliphatic rings. The van der Waals surface area contributed by atoms with Crippen molar-refractivity contribution in [3.05, 3.63) is 29.8 Å². The van der Waals surface area contributed by atoms with Gasteiger partial charge in [-0.2, -0.15) is 0 Å². The smallest absolute Gasteiger partial charge is 0.119 e. The van der Waals surface area contributed by atoms with Gasteiger partial charge in [0.25, 0.3) is 0 Å². The summed E-state index contributed by atoms with van der Waals surface area (Å²) in [5.41, 5.74) is 7.24. The van der Waals surface area contributed by atoms with Gasteiger partial charge >= 0.3 is 0 Å². The Bertz CT molecular complexity index is 352. The molecule has 0 heterocycles. The van der Waals surface area contributed by atoms with Gasteiger partial charge in [0.05, 0.1) is 6.61 Å². The van der Waals surface area contributed by atoms with Crippen LogP contribution in [-0.4, -0.2) is 31.1 Å². The van der Waals surface area contributed by atoms with E-state index in [1.165, 1.54) is 5.56 Å². The third-order valence-corrected chi connectivity index (χ3v) is 2.92. The zero-order valence-electron chi connectivity index (χ0n) is 12.2. The first-order valence-electron chi connectivity index (χ1n) is 6.51. The van der Waals surface area contributed by atoms with E-state index < -0.39 is 0 Å². The fraction of sp³-hybridized carbons (Fsp3) is 0.600. The second kappa shape index (κ2) is 6.21. The molecule has 0 bridgehead atoms. The van der Waals surface area contributed by atoms with Crippen LogP contribution in [0.4, 0.5) is 0 Å². The van der Waals surface area contributed by atoms with E-state index in [0.29, 0.717) is 12.6 Å². The SMILES string of the molecule is CCOc1ccc(C(CC(C)(C)N)N(C)C)cc1. The molecule has 0 aliphatic carbocycles. The Morgan fingerprint density at radius 1 is 1.22 bits per heavy atom. The van der Waals surface area contributed by atoms with Crippen LogP contribution < -0.4 is 10.5 Å². The second-order valence-corrected chi connectivity index (χ2v) is 5.67. The molecule has 0 aromatic heterocycles. The monoisotopic (exact) mass is 250 g/mol. The molecule has 1 atom stereocenters. The van der Waals surface area contributed by atoms with E-state index in [2.05, 4.69) is 45.0 Å². The number of hydrogen-bond acceptors (Lipinski definition) is 3. The number of nitrogens with zero attached hydrogens (tertiary/aromatic N) is 1. The minimum absolute atomic E-state index is 0.173. The number of nitrogens with two attached hydrogens (primary N) is 1. The van der Waals surface area contributed by atoms with Crippen molar-refractivity contribution in [3.8, 4) is 5.75 Å². The molecule has 3 nitrogen and oxygen atoms in total. The van der Waals surface area contributed by atoms with Crippen molar-refractivity contribution in [3.63, 3.8) is 0 Å². The van der Waals surface area contributed by atoms with Crippen LogP contribution in [0, 0.1) is 0 Å². The summed E-state index contributed by atoms with van der Waals surface area (Å²) in [7, 11) is 4.18. The number of hydrogen-bond donors (Lipinski definition) is 1. The quantitative estimate of drug-likeness (QED) is 0.843. The molecule has 0 saturated heterocycles. The van der Waals surface area contributed by atoms with Crippen molar-refractivity contribution in [2.24, 2.45) is 5.73 Å². The van der Waals surface area contributed by atoms with E-state index in [0.717, 1.165) is 12.2 Å². The summed E-state index contributed by atoms with van der Waals surface area (Å²) in [5, 5.41) is 0. The standard InChI is InChI=1S/C15H26N2O/c1-6-18-13-9-7-12(8-10-13)14(17(4)5)11-15(2,3)16/h7-10,14H,6,11,16H2,1-5H3. The van der Waals surface area contributed by atoms with E-state index >= 15 is 0 Å². The van der Waals surface area contributed by atoms with E-state index in [4.69, 9.17) is 10.5 Å². The second-order valence-electron chi connectivity index (χ2n) is 5.67. The number of ether oxygens (including phenoxy) is 1. The molecule has 0 spiro atoms. The molecule has 102 valence electrons. The van der Waals surface area contributed by atoms with Crippen LogP contribution in [0.3, 0.4) is 0 Å². The largest absolute Gasteiger partial charge is 0.494 e. The van der Waals surface area contributed by atoms with Gasteiger partial charge in [0, 0.05) is 11.6 Å². The average molecular weight is 250 g/mol. The Labute approximate surface area is 111 Å². The predicted molar refractivity (Wildman–Crippen MR) is 76.9 cm³/mol. The summed E-state index contributed by atoms with van der Waals surface area (Å²) in [6, 6.07) is 8.64. The third kappa shape index (κ3) is 4.67. The topological polar surface area (TPSA) is 38.5 Å². The highest BCUT2D eigenvalue weighted by Crippen LogP contribution is 2.28. The van der Waals surface area contributed by atoms with Crippen molar-refractivity contribution >= 4 is 0 Å². The first kappa shape index (κ1) is 15.0. The van der Waals surface area contributed by atoms with E-state index in [-0.39, 0.29) is 5.54 Å². The lowest BCUT2D eigenvalue weighted by atomic mass is 9.91. The van der Waals surface area contributed by atoms with Crippen molar-refractivity contribution in [2.75, 3.05) is 20.7 Å². The van der Waals surface area contributed by atoms with Gasteiger partial charge in [-0.25, -0.2) is 0 Å². The van der Waals surface area contributed by atoms with Gasteiger partial charge in [0.15, 0.2) is 0 Å². The van der Waals surface area contributed by atoms with Gasteiger partial charge in [-0.1, -0.05) is 12.1 Å². The summed E-state index contributed by atoms with van der Waals surface area (Å²) in [6.45, 7) is 6.83. The molecule has 0 fully saturated rings. The summed E-state index contributed by atoms with van der Waals surface area (Å²) < 4.78 is 5.46.